The minimum atomic E-state index is -4.49. The van der Waals surface area contributed by atoms with Crippen LogP contribution in [0.3, 0.4) is 0 Å². The standard InChI is InChI=1S/C12H12F3N3/c1-18-10(8-5-3-2-4-6-8)9(7-16)11(17-18)12(13,14)15/h2-6H,7,16H2,1H3. The fourth-order valence-corrected chi connectivity index (χ4v) is 1.95. The maximum absolute atomic E-state index is 12.8. The quantitative estimate of drug-likeness (QED) is 0.896. The average Bonchev–Trinajstić information content (AvgIpc) is 2.67. The monoisotopic (exact) mass is 255 g/mol. The Morgan fingerprint density at radius 3 is 2.33 bits per heavy atom. The summed E-state index contributed by atoms with van der Waals surface area (Å²) in [5.74, 6) is 0. The van der Waals surface area contributed by atoms with Gasteiger partial charge in [-0.3, -0.25) is 4.68 Å². The molecular formula is C12H12F3N3. The van der Waals surface area contributed by atoms with Gasteiger partial charge in [-0.25, -0.2) is 0 Å². The first-order valence-electron chi connectivity index (χ1n) is 5.33. The molecule has 0 atom stereocenters. The van der Waals surface area contributed by atoms with Gasteiger partial charge in [-0.05, 0) is 0 Å². The summed E-state index contributed by atoms with van der Waals surface area (Å²) >= 11 is 0. The summed E-state index contributed by atoms with van der Waals surface area (Å²) in [6.45, 7) is -0.201. The molecule has 3 nitrogen and oxygen atoms in total. The zero-order valence-corrected chi connectivity index (χ0v) is 9.70. The van der Waals surface area contributed by atoms with Crippen molar-refractivity contribution >= 4 is 0 Å². The lowest BCUT2D eigenvalue weighted by molar-refractivity contribution is -0.142. The van der Waals surface area contributed by atoms with E-state index in [0.29, 0.717) is 11.3 Å². The van der Waals surface area contributed by atoms with Gasteiger partial charge in [0.25, 0.3) is 0 Å². The van der Waals surface area contributed by atoms with Gasteiger partial charge in [-0.1, -0.05) is 30.3 Å². The van der Waals surface area contributed by atoms with Gasteiger partial charge in [-0.15, -0.1) is 0 Å². The fraction of sp³-hybridized carbons (Fsp3) is 0.250. The summed E-state index contributed by atoms with van der Waals surface area (Å²) < 4.78 is 39.7. The number of alkyl halides is 3. The lowest BCUT2D eigenvalue weighted by atomic mass is 10.1. The minimum Gasteiger partial charge on any atom is -0.326 e. The number of benzene rings is 1. The molecule has 2 N–H and O–H groups in total. The summed E-state index contributed by atoms with van der Waals surface area (Å²) in [7, 11) is 1.48. The molecule has 0 unspecified atom stereocenters. The van der Waals surface area contributed by atoms with Crippen molar-refractivity contribution in [2.24, 2.45) is 12.8 Å². The largest absolute Gasteiger partial charge is 0.435 e. The molecule has 1 heterocycles. The van der Waals surface area contributed by atoms with Gasteiger partial charge in [0, 0.05) is 24.7 Å². The van der Waals surface area contributed by atoms with E-state index in [0.717, 1.165) is 0 Å². The average molecular weight is 255 g/mol. The summed E-state index contributed by atoms with van der Waals surface area (Å²) in [6, 6.07) is 8.78. The van der Waals surface area contributed by atoms with Crippen LogP contribution in [-0.4, -0.2) is 9.78 Å². The van der Waals surface area contributed by atoms with Crippen molar-refractivity contribution in [2.45, 2.75) is 12.7 Å². The highest BCUT2D eigenvalue weighted by atomic mass is 19.4. The Kier molecular flexibility index (Phi) is 3.13. The molecule has 0 saturated carbocycles. The summed E-state index contributed by atoms with van der Waals surface area (Å²) in [4.78, 5) is 0. The first kappa shape index (κ1) is 12.6. The van der Waals surface area contributed by atoms with Crippen LogP contribution in [-0.2, 0) is 19.8 Å². The lowest BCUT2D eigenvalue weighted by Crippen LogP contribution is -2.11. The first-order chi connectivity index (χ1) is 8.45. The van der Waals surface area contributed by atoms with E-state index in [1.807, 2.05) is 0 Å². The molecule has 0 amide bonds. The van der Waals surface area contributed by atoms with Gasteiger partial charge in [0.1, 0.15) is 0 Å². The third-order valence-corrected chi connectivity index (χ3v) is 2.67. The summed E-state index contributed by atoms with van der Waals surface area (Å²) in [5.41, 5.74) is 5.64. The molecule has 18 heavy (non-hydrogen) atoms. The van der Waals surface area contributed by atoms with Gasteiger partial charge in [-0.2, -0.15) is 18.3 Å². The van der Waals surface area contributed by atoms with Crippen molar-refractivity contribution in [2.75, 3.05) is 0 Å². The Bertz CT molecular complexity index is 544. The zero-order valence-electron chi connectivity index (χ0n) is 9.70. The Morgan fingerprint density at radius 1 is 1.22 bits per heavy atom. The number of hydrogen-bond donors (Lipinski definition) is 1. The second-order valence-corrected chi connectivity index (χ2v) is 3.87. The van der Waals surface area contributed by atoms with Crippen molar-refractivity contribution < 1.29 is 13.2 Å². The van der Waals surface area contributed by atoms with Crippen LogP contribution in [0, 0.1) is 0 Å². The van der Waals surface area contributed by atoms with Gasteiger partial charge >= 0.3 is 6.18 Å². The topological polar surface area (TPSA) is 43.8 Å². The van der Waals surface area contributed by atoms with E-state index < -0.39 is 11.9 Å². The molecule has 0 bridgehead atoms. The molecule has 0 aliphatic carbocycles. The molecule has 0 aliphatic heterocycles. The molecule has 96 valence electrons. The van der Waals surface area contributed by atoms with Crippen molar-refractivity contribution in [3.05, 3.63) is 41.6 Å². The molecule has 2 rings (SSSR count). The van der Waals surface area contributed by atoms with Gasteiger partial charge in [0.15, 0.2) is 5.69 Å². The van der Waals surface area contributed by atoms with Crippen LogP contribution in [0.25, 0.3) is 11.3 Å². The van der Waals surface area contributed by atoms with E-state index in [4.69, 9.17) is 5.73 Å². The molecule has 1 aromatic carbocycles. The summed E-state index contributed by atoms with van der Waals surface area (Å²) in [6.07, 6.45) is -4.49. The van der Waals surface area contributed by atoms with E-state index in [1.54, 1.807) is 30.3 Å². The molecular weight excluding hydrogens is 243 g/mol. The van der Waals surface area contributed by atoms with E-state index in [1.165, 1.54) is 11.7 Å². The van der Waals surface area contributed by atoms with Crippen LogP contribution in [0.1, 0.15) is 11.3 Å². The van der Waals surface area contributed by atoms with Crippen LogP contribution >= 0.6 is 0 Å². The van der Waals surface area contributed by atoms with Gasteiger partial charge in [0.2, 0.25) is 0 Å². The Labute approximate surface area is 102 Å². The number of aryl methyl sites for hydroxylation is 1. The Hall–Kier alpha value is -1.82. The highest BCUT2D eigenvalue weighted by Gasteiger charge is 2.38. The van der Waals surface area contributed by atoms with Crippen LogP contribution in [0.4, 0.5) is 13.2 Å². The van der Waals surface area contributed by atoms with E-state index in [-0.39, 0.29) is 12.1 Å². The highest BCUT2D eigenvalue weighted by Crippen LogP contribution is 2.35. The fourth-order valence-electron chi connectivity index (χ4n) is 1.95. The molecule has 0 saturated heterocycles. The number of halogens is 3. The number of nitrogens with two attached hydrogens (primary N) is 1. The third-order valence-electron chi connectivity index (χ3n) is 2.67. The SMILES string of the molecule is Cn1nc(C(F)(F)F)c(CN)c1-c1ccccc1. The van der Waals surface area contributed by atoms with Crippen LogP contribution < -0.4 is 5.73 Å². The minimum absolute atomic E-state index is 0.0243. The third kappa shape index (κ3) is 2.11. The van der Waals surface area contributed by atoms with Crippen molar-refractivity contribution in [3.8, 4) is 11.3 Å². The lowest BCUT2D eigenvalue weighted by Gasteiger charge is -2.06. The molecule has 6 heteroatoms. The van der Waals surface area contributed by atoms with Crippen molar-refractivity contribution in [3.63, 3.8) is 0 Å². The highest BCUT2D eigenvalue weighted by molar-refractivity contribution is 5.64. The van der Waals surface area contributed by atoms with Crippen molar-refractivity contribution in [1.29, 1.82) is 0 Å². The molecule has 0 radical (unpaired) electrons. The predicted octanol–water partition coefficient (Wildman–Crippen LogP) is 2.56. The predicted molar refractivity (Wildman–Crippen MR) is 61.5 cm³/mol. The molecule has 1 aromatic heterocycles. The van der Waals surface area contributed by atoms with Gasteiger partial charge in [0.05, 0.1) is 5.69 Å². The van der Waals surface area contributed by atoms with E-state index in [9.17, 15) is 13.2 Å². The van der Waals surface area contributed by atoms with Crippen LogP contribution in [0.5, 0.6) is 0 Å². The van der Waals surface area contributed by atoms with Crippen LogP contribution in [0.15, 0.2) is 30.3 Å². The normalized spacial score (nSPS) is 11.8. The second kappa shape index (κ2) is 4.45. The molecule has 0 aliphatic rings. The number of nitrogens with zero attached hydrogens (tertiary/aromatic N) is 2. The van der Waals surface area contributed by atoms with E-state index >= 15 is 0 Å². The van der Waals surface area contributed by atoms with Gasteiger partial charge < -0.3 is 5.73 Å². The van der Waals surface area contributed by atoms with Crippen LogP contribution in [0.2, 0.25) is 0 Å². The summed E-state index contributed by atoms with van der Waals surface area (Å²) in [5, 5.41) is 3.54. The first-order valence-corrected chi connectivity index (χ1v) is 5.33. The molecule has 0 spiro atoms. The number of hydrogen-bond acceptors (Lipinski definition) is 2. The maximum atomic E-state index is 12.8. The van der Waals surface area contributed by atoms with E-state index in [2.05, 4.69) is 5.10 Å². The maximum Gasteiger partial charge on any atom is 0.435 e. The number of aromatic nitrogens is 2. The second-order valence-electron chi connectivity index (χ2n) is 3.87. The van der Waals surface area contributed by atoms with Crippen molar-refractivity contribution in [1.82, 2.24) is 9.78 Å². The molecule has 2 aromatic rings. The Morgan fingerprint density at radius 2 is 1.83 bits per heavy atom. The zero-order chi connectivity index (χ0) is 13.3. The smallest absolute Gasteiger partial charge is 0.326 e. The molecule has 0 fully saturated rings. The number of rotatable bonds is 2. The Balaban J connectivity index is 2.66.